The average Bonchev–Trinajstić information content (AvgIpc) is 3.31. The molecule has 10 heteroatoms. The van der Waals surface area contributed by atoms with Gasteiger partial charge in [-0.2, -0.15) is 4.98 Å². The van der Waals surface area contributed by atoms with Crippen molar-refractivity contribution in [1.29, 1.82) is 0 Å². The Morgan fingerprint density at radius 1 is 1.00 bits per heavy atom. The molecule has 2 aliphatic rings. The van der Waals surface area contributed by atoms with E-state index in [-0.39, 0.29) is 17.7 Å². The molecule has 36 heavy (non-hydrogen) atoms. The van der Waals surface area contributed by atoms with Gasteiger partial charge >= 0.3 is 0 Å². The normalized spacial score (nSPS) is 20.3. The Morgan fingerprint density at radius 2 is 1.83 bits per heavy atom. The lowest BCUT2D eigenvalue weighted by molar-refractivity contribution is 0.281. The topological polar surface area (TPSA) is 68.6 Å². The minimum Gasteiger partial charge on any atom is -0.392 e. The second-order valence-electron chi connectivity index (χ2n) is 9.52. The van der Waals surface area contributed by atoms with Crippen molar-refractivity contribution >= 4 is 40.8 Å². The summed E-state index contributed by atoms with van der Waals surface area (Å²) in [7, 11) is 0. The van der Waals surface area contributed by atoms with Crippen LogP contribution in [-0.4, -0.2) is 58.3 Å². The van der Waals surface area contributed by atoms with Gasteiger partial charge in [-0.3, -0.25) is 0 Å². The maximum Gasteiger partial charge on any atom is 0.228 e. The average molecular weight is 531 g/mol. The highest BCUT2D eigenvalue weighted by Gasteiger charge is 2.29. The van der Waals surface area contributed by atoms with E-state index in [1.165, 1.54) is 6.07 Å². The molecular formula is C26H29Cl2FN6O. The lowest BCUT2D eigenvalue weighted by Crippen LogP contribution is -2.52. The zero-order valence-corrected chi connectivity index (χ0v) is 21.8. The van der Waals surface area contributed by atoms with Crippen LogP contribution in [0.3, 0.4) is 0 Å². The lowest BCUT2D eigenvalue weighted by atomic mass is 10.1. The van der Waals surface area contributed by atoms with Gasteiger partial charge in [0.25, 0.3) is 0 Å². The molecule has 2 saturated heterocycles. The van der Waals surface area contributed by atoms with Gasteiger partial charge in [-0.25, -0.2) is 14.4 Å². The number of aromatic nitrogens is 3. The zero-order chi connectivity index (χ0) is 25.4. The molecule has 1 N–H and O–H groups in total. The summed E-state index contributed by atoms with van der Waals surface area (Å²) in [6, 6.07) is 8.89. The Kier molecular flexibility index (Phi) is 7.19. The Bertz CT molecular complexity index is 1260. The van der Waals surface area contributed by atoms with Crippen LogP contribution >= 0.6 is 23.2 Å². The van der Waals surface area contributed by atoms with E-state index < -0.39 is 5.82 Å². The number of nitrogens with zero attached hydrogens (tertiary/aromatic N) is 6. The highest BCUT2D eigenvalue weighted by molar-refractivity contribution is 6.33. The van der Waals surface area contributed by atoms with Gasteiger partial charge in [-0.15, -0.1) is 0 Å². The summed E-state index contributed by atoms with van der Waals surface area (Å²) in [4.78, 5) is 21.0. The molecule has 4 heterocycles. The third-order valence-corrected chi connectivity index (χ3v) is 7.58. The Balaban J connectivity index is 1.46. The second kappa shape index (κ2) is 10.4. The molecule has 2 aliphatic heterocycles. The maximum absolute atomic E-state index is 13.8. The molecule has 0 amide bonds. The number of aliphatic hydroxyl groups excluding tert-OH is 1. The number of anilines is 3. The predicted molar refractivity (Wildman–Crippen MR) is 143 cm³/mol. The molecule has 190 valence electrons. The van der Waals surface area contributed by atoms with Gasteiger partial charge < -0.3 is 19.8 Å². The first-order valence-corrected chi connectivity index (χ1v) is 13.0. The van der Waals surface area contributed by atoms with Gasteiger partial charge in [0.15, 0.2) is 0 Å². The van der Waals surface area contributed by atoms with Crippen molar-refractivity contribution in [3.05, 3.63) is 58.0 Å². The van der Waals surface area contributed by atoms with Crippen molar-refractivity contribution in [2.75, 3.05) is 40.9 Å². The molecule has 2 fully saturated rings. The van der Waals surface area contributed by atoms with Gasteiger partial charge in [-0.05, 0) is 56.5 Å². The summed E-state index contributed by atoms with van der Waals surface area (Å²) >= 11 is 12.6. The van der Waals surface area contributed by atoms with Crippen LogP contribution in [0.2, 0.25) is 10.0 Å². The molecule has 0 bridgehead atoms. The fraction of sp³-hybridized carbons (Fsp3) is 0.423. The number of halogens is 3. The van der Waals surface area contributed by atoms with Gasteiger partial charge in [0, 0.05) is 56.1 Å². The van der Waals surface area contributed by atoms with Crippen LogP contribution < -0.4 is 14.7 Å². The van der Waals surface area contributed by atoms with Gasteiger partial charge in [-0.1, -0.05) is 23.2 Å². The summed E-state index contributed by atoms with van der Waals surface area (Å²) in [5.74, 6) is 1.78. The van der Waals surface area contributed by atoms with Crippen molar-refractivity contribution in [3.63, 3.8) is 0 Å². The molecule has 0 aliphatic carbocycles. The molecule has 0 saturated carbocycles. The van der Waals surface area contributed by atoms with Crippen LogP contribution in [0.5, 0.6) is 0 Å². The number of pyridine rings is 1. The Labute approximate surface area is 220 Å². The molecule has 0 spiro atoms. The van der Waals surface area contributed by atoms with E-state index in [9.17, 15) is 9.50 Å². The third kappa shape index (κ3) is 4.94. The number of hydrogen-bond donors (Lipinski definition) is 1. The van der Waals surface area contributed by atoms with Crippen molar-refractivity contribution in [2.24, 2.45) is 0 Å². The minimum absolute atomic E-state index is 0.0716. The first kappa shape index (κ1) is 25.0. The van der Waals surface area contributed by atoms with Gasteiger partial charge in [0.1, 0.15) is 17.5 Å². The van der Waals surface area contributed by atoms with E-state index in [4.69, 9.17) is 33.2 Å². The van der Waals surface area contributed by atoms with Crippen molar-refractivity contribution in [3.8, 4) is 11.3 Å². The predicted octanol–water partition coefficient (Wildman–Crippen LogP) is 5.18. The molecule has 2 unspecified atom stereocenters. The lowest BCUT2D eigenvalue weighted by Gasteiger charge is -2.41. The van der Waals surface area contributed by atoms with Crippen LogP contribution in [0, 0.1) is 5.82 Å². The highest BCUT2D eigenvalue weighted by Crippen LogP contribution is 2.33. The van der Waals surface area contributed by atoms with E-state index in [1.54, 1.807) is 24.4 Å². The SMILES string of the molecule is CC1CN(c2ncc(CO)cc2Cl)CCN1c1cc(-c2ccc(F)c(Cl)c2)nc(N2CCCC2C)n1. The van der Waals surface area contributed by atoms with E-state index in [0.29, 0.717) is 35.7 Å². The standard InChI is InChI=1S/C26H29Cl2FN6O/c1-16-4-3-7-35(16)26-31-23(19-5-6-22(29)20(27)11-19)12-24(32-26)34-9-8-33(14-17(34)2)25-21(28)10-18(15-36)13-30-25/h5-6,10-13,16-17,36H,3-4,7-9,14-15H2,1-2H3. The van der Waals surface area contributed by atoms with E-state index in [0.717, 1.165) is 48.8 Å². The molecule has 3 aromatic rings. The number of aliphatic hydroxyl groups is 1. The van der Waals surface area contributed by atoms with Crippen LogP contribution in [0.1, 0.15) is 32.3 Å². The van der Waals surface area contributed by atoms with Crippen molar-refractivity contribution in [1.82, 2.24) is 15.0 Å². The van der Waals surface area contributed by atoms with E-state index in [1.807, 2.05) is 6.07 Å². The molecule has 7 nitrogen and oxygen atoms in total. The third-order valence-electron chi connectivity index (χ3n) is 7.01. The molecular weight excluding hydrogens is 502 g/mol. The minimum atomic E-state index is -0.452. The second-order valence-corrected chi connectivity index (χ2v) is 10.3. The summed E-state index contributed by atoms with van der Waals surface area (Å²) in [5.41, 5.74) is 2.16. The summed E-state index contributed by atoms with van der Waals surface area (Å²) in [6.07, 6.45) is 3.86. The summed E-state index contributed by atoms with van der Waals surface area (Å²) < 4.78 is 13.8. The Morgan fingerprint density at radius 3 is 2.50 bits per heavy atom. The summed E-state index contributed by atoms with van der Waals surface area (Å²) in [5, 5.41) is 9.96. The first-order chi connectivity index (χ1) is 17.3. The monoisotopic (exact) mass is 530 g/mol. The van der Waals surface area contributed by atoms with Crippen LogP contribution in [0.4, 0.5) is 22.0 Å². The molecule has 2 aromatic heterocycles. The molecule has 1 aromatic carbocycles. The Hall–Kier alpha value is -2.68. The van der Waals surface area contributed by atoms with Crippen LogP contribution in [-0.2, 0) is 6.61 Å². The van der Waals surface area contributed by atoms with Crippen molar-refractivity contribution in [2.45, 2.75) is 45.4 Å². The number of hydrogen-bond acceptors (Lipinski definition) is 7. The number of piperazine rings is 1. The van der Waals surface area contributed by atoms with Crippen LogP contribution in [0.15, 0.2) is 36.5 Å². The van der Waals surface area contributed by atoms with E-state index in [2.05, 4.69) is 33.5 Å². The molecule has 2 atom stereocenters. The largest absolute Gasteiger partial charge is 0.392 e. The summed E-state index contributed by atoms with van der Waals surface area (Å²) in [6.45, 7) is 7.30. The zero-order valence-electron chi connectivity index (χ0n) is 20.3. The maximum atomic E-state index is 13.8. The van der Waals surface area contributed by atoms with Crippen LogP contribution in [0.25, 0.3) is 11.3 Å². The highest BCUT2D eigenvalue weighted by atomic mass is 35.5. The number of benzene rings is 1. The van der Waals surface area contributed by atoms with Gasteiger partial charge in [0.05, 0.1) is 22.3 Å². The van der Waals surface area contributed by atoms with Gasteiger partial charge in [0.2, 0.25) is 5.95 Å². The van der Waals surface area contributed by atoms with E-state index >= 15 is 0 Å². The van der Waals surface area contributed by atoms with Crippen molar-refractivity contribution < 1.29 is 9.50 Å². The number of rotatable bonds is 5. The molecule has 0 radical (unpaired) electrons. The molecule has 5 rings (SSSR count). The smallest absolute Gasteiger partial charge is 0.228 e. The first-order valence-electron chi connectivity index (χ1n) is 12.2. The quantitative estimate of drug-likeness (QED) is 0.487. The fourth-order valence-corrected chi connectivity index (χ4v) is 5.50. The fourth-order valence-electron chi connectivity index (χ4n) is 5.01.